The van der Waals surface area contributed by atoms with Gasteiger partial charge in [-0.05, 0) is 38.3 Å². The van der Waals surface area contributed by atoms with Crippen molar-refractivity contribution in [2.45, 2.75) is 38.6 Å². The van der Waals surface area contributed by atoms with Gasteiger partial charge in [0.25, 0.3) is 0 Å². The molecular weight excluding hydrogens is 246 g/mol. The van der Waals surface area contributed by atoms with Crippen LogP contribution >= 0.6 is 11.3 Å². The maximum atomic E-state index is 12.2. The minimum Gasteiger partial charge on any atom is -0.396 e. The molecule has 1 saturated carbocycles. The Morgan fingerprint density at radius 3 is 2.78 bits per heavy atom. The van der Waals surface area contributed by atoms with Crippen LogP contribution in [0.3, 0.4) is 0 Å². The molecular formula is C14H21NO2S. The van der Waals surface area contributed by atoms with E-state index in [1.807, 2.05) is 19.1 Å². The lowest BCUT2D eigenvalue weighted by molar-refractivity contribution is 0.0791. The van der Waals surface area contributed by atoms with E-state index in [2.05, 4.69) is 4.90 Å². The monoisotopic (exact) mass is 267 g/mol. The highest BCUT2D eigenvalue weighted by Gasteiger charge is 2.26. The van der Waals surface area contributed by atoms with Gasteiger partial charge < -0.3 is 5.11 Å². The van der Waals surface area contributed by atoms with Crippen LogP contribution in [0.2, 0.25) is 0 Å². The number of aliphatic hydroxyl groups is 1. The Morgan fingerprint density at radius 1 is 1.50 bits per heavy atom. The molecule has 0 atom stereocenters. The van der Waals surface area contributed by atoms with Gasteiger partial charge in [0.1, 0.15) is 0 Å². The first-order valence-corrected chi connectivity index (χ1v) is 7.47. The molecule has 0 unspecified atom stereocenters. The molecule has 4 heteroatoms. The van der Waals surface area contributed by atoms with Crippen LogP contribution in [0.15, 0.2) is 12.1 Å². The second-order valence-corrected chi connectivity index (χ2v) is 6.25. The summed E-state index contributed by atoms with van der Waals surface area (Å²) in [5, 5.41) is 8.93. The number of Topliss-reactive ketones (excluding diaryl/α,β-unsaturated/α-hetero) is 1. The van der Waals surface area contributed by atoms with Gasteiger partial charge in [0.2, 0.25) is 0 Å². The van der Waals surface area contributed by atoms with Gasteiger partial charge in [-0.3, -0.25) is 9.69 Å². The Balaban J connectivity index is 1.92. The SMILES string of the molecule is Cc1ccc(C(=O)CN(CCCO)C2CCC2)s1. The largest absolute Gasteiger partial charge is 0.396 e. The average molecular weight is 267 g/mol. The fourth-order valence-corrected chi connectivity index (χ4v) is 3.06. The van der Waals surface area contributed by atoms with Crippen LogP contribution in [-0.4, -0.2) is 41.5 Å². The molecule has 0 aliphatic heterocycles. The van der Waals surface area contributed by atoms with Crippen LogP contribution in [0, 0.1) is 6.92 Å². The van der Waals surface area contributed by atoms with E-state index in [4.69, 9.17) is 5.11 Å². The number of carbonyl (C=O) groups is 1. The topological polar surface area (TPSA) is 40.5 Å². The predicted octanol–water partition coefficient (Wildman–Crippen LogP) is 2.48. The Labute approximate surface area is 112 Å². The number of thiophene rings is 1. The van der Waals surface area contributed by atoms with E-state index in [1.54, 1.807) is 11.3 Å². The summed E-state index contributed by atoms with van der Waals surface area (Å²) in [4.78, 5) is 16.5. The van der Waals surface area contributed by atoms with Crippen molar-refractivity contribution in [1.29, 1.82) is 0 Å². The van der Waals surface area contributed by atoms with Crippen molar-refractivity contribution in [3.8, 4) is 0 Å². The number of aryl methyl sites for hydroxylation is 1. The smallest absolute Gasteiger partial charge is 0.186 e. The van der Waals surface area contributed by atoms with Crippen molar-refractivity contribution < 1.29 is 9.90 Å². The highest BCUT2D eigenvalue weighted by Crippen LogP contribution is 2.25. The molecule has 1 aromatic rings. The van der Waals surface area contributed by atoms with Crippen molar-refractivity contribution in [1.82, 2.24) is 4.90 Å². The zero-order valence-corrected chi connectivity index (χ0v) is 11.7. The predicted molar refractivity (Wildman–Crippen MR) is 74.3 cm³/mol. The molecule has 1 N–H and O–H groups in total. The van der Waals surface area contributed by atoms with Crippen molar-refractivity contribution in [2.75, 3.05) is 19.7 Å². The Bertz CT molecular complexity index is 398. The molecule has 0 aromatic carbocycles. The molecule has 1 fully saturated rings. The second-order valence-electron chi connectivity index (χ2n) is 4.97. The summed E-state index contributed by atoms with van der Waals surface area (Å²) in [6.07, 6.45) is 4.42. The van der Waals surface area contributed by atoms with Crippen molar-refractivity contribution in [3.63, 3.8) is 0 Å². The summed E-state index contributed by atoms with van der Waals surface area (Å²) in [6.45, 7) is 3.56. The minimum atomic E-state index is 0.204. The minimum absolute atomic E-state index is 0.204. The number of rotatable bonds is 7. The Kier molecular flexibility index (Phi) is 4.92. The quantitative estimate of drug-likeness (QED) is 0.772. The molecule has 2 rings (SSSR count). The first-order chi connectivity index (χ1) is 8.70. The van der Waals surface area contributed by atoms with Crippen LogP contribution in [-0.2, 0) is 0 Å². The Morgan fingerprint density at radius 2 is 2.28 bits per heavy atom. The first-order valence-electron chi connectivity index (χ1n) is 6.65. The third-order valence-corrected chi connectivity index (χ3v) is 4.60. The third kappa shape index (κ3) is 3.40. The molecule has 1 aliphatic carbocycles. The highest BCUT2D eigenvalue weighted by atomic mass is 32.1. The maximum absolute atomic E-state index is 12.2. The molecule has 3 nitrogen and oxygen atoms in total. The molecule has 0 bridgehead atoms. The molecule has 0 saturated heterocycles. The van der Waals surface area contributed by atoms with Gasteiger partial charge in [-0.25, -0.2) is 0 Å². The average Bonchev–Trinajstić information content (AvgIpc) is 2.70. The summed E-state index contributed by atoms with van der Waals surface area (Å²) in [5.41, 5.74) is 0. The van der Waals surface area contributed by atoms with Crippen molar-refractivity contribution >= 4 is 17.1 Å². The van der Waals surface area contributed by atoms with Gasteiger partial charge in [-0.15, -0.1) is 11.3 Å². The lowest BCUT2D eigenvalue weighted by Crippen LogP contribution is -2.43. The van der Waals surface area contributed by atoms with Gasteiger partial charge in [0, 0.05) is 24.1 Å². The summed E-state index contributed by atoms with van der Waals surface area (Å²) in [7, 11) is 0. The molecule has 18 heavy (non-hydrogen) atoms. The number of carbonyl (C=O) groups excluding carboxylic acids is 1. The van der Waals surface area contributed by atoms with E-state index in [1.165, 1.54) is 24.1 Å². The summed E-state index contributed by atoms with van der Waals surface area (Å²) in [5.74, 6) is 0.220. The lowest BCUT2D eigenvalue weighted by Gasteiger charge is -2.37. The highest BCUT2D eigenvalue weighted by molar-refractivity contribution is 7.14. The van der Waals surface area contributed by atoms with Crippen LogP contribution in [0.5, 0.6) is 0 Å². The number of aliphatic hydroxyl groups excluding tert-OH is 1. The van der Waals surface area contributed by atoms with Gasteiger partial charge >= 0.3 is 0 Å². The number of hydrogen-bond donors (Lipinski definition) is 1. The van der Waals surface area contributed by atoms with Gasteiger partial charge in [0.05, 0.1) is 11.4 Å². The third-order valence-electron chi connectivity index (χ3n) is 3.56. The molecule has 1 heterocycles. The number of nitrogens with zero attached hydrogens (tertiary/aromatic N) is 1. The standard InChI is InChI=1S/C14H21NO2S/c1-11-6-7-14(18-11)13(17)10-15(8-3-9-16)12-4-2-5-12/h6-7,12,16H,2-5,8-10H2,1H3. The summed E-state index contributed by atoms with van der Waals surface area (Å²) in [6, 6.07) is 4.48. The zero-order valence-electron chi connectivity index (χ0n) is 10.9. The fraction of sp³-hybridized carbons (Fsp3) is 0.643. The molecule has 1 aromatic heterocycles. The van der Waals surface area contributed by atoms with Gasteiger partial charge in [-0.2, -0.15) is 0 Å². The number of ketones is 1. The lowest BCUT2D eigenvalue weighted by atomic mass is 9.91. The van der Waals surface area contributed by atoms with E-state index in [9.17, 15) is 4.79 Å². The van der Waals surface area contributed by atoms with Crippen molar-refractivity contribution in [3.05, 3.63) is 21.9 Å². The first kappa shape index (κ1) is 13.7. The summed E-state index contributed by atoms with van der Waals surface area (Å²) < 4.78 is 0. The van der Waals surface area contributed by atoms with E-state index >= 15 is 0 Å². The van der Waals surface area contributed by atoms with E-state index in [0.717, 1.165) is 17.8 Å². The molecule has 0 radical (unpaired) electrons. The van der Waals surface area contributed by atoms with E-state index < -0.39 is 0 Å². The van der Waals surface area contributed by atoms with Crippen molar-refractivity contribution in [2.24, 2.45) is 0 Å². The Hall–Kier alpha value is -0.710. The van der Waals surface area contributed by atoms with Gasteiger partial charge in [-0.1, -0.05) is 6.42 Å². The van der Waals surface area contributed by atoms with Crippen LogP contribution < -0.4 is 0 Å². The second kappa shape index (κ2) is 6.45. The van der Waals surface area contributed by atoms with E-state index in [0.29, 0.717) is 12.6 Å². The normalized spacial score (nSPS) is 15.9. The van der Waals surface area contributed by atoms with Crippen LogP contribution in [0.4, 0.5) is 0 Å². The molecule has 0 amide bonds. The zero-order chi connectivity index (χ0) is 13.0. The maximum Gasteiger partial charge on any atom is 0.186 e. The molecule has 0 spiro atoms. The van der Waals surface area contributed by atoms with Gasteiger partial charge in [0.15, 0.2) is 5.78 Å². The molecule has 100 valence electrons. The number of hydrogen-bond acceptors (Lipinski definition) is 4. The summed E-state index contributed by atoms with van der Waals surface area (Å²) >= 11 is 1.57. The fourth-order valence-electron chi connectivity index (χ4n) is 2.26. The van der Waals surface area contributed by atoms with E-state index in [-0.39, 0.29) is 12.4 Å². The van der Waals surface area contributed by atoms with Crippen LogP contribution in [0.25, 0.3) is 0 Å². The molecule has 1 aliphatic rings. The van der Waals surface area contributed by atoms with Crippen LogP contribution in [0.1, 0.15) is 40.2 Å².